The minimum atomic E-state index is 0.363. The van der Waals surface area contributed by atoms with Crippen molar-refractivity contribution >= 4 is 18.1 Å². The molecule has 0 bridgehead atoms. The molecule has 4 nitrogen and oxygen atoms in total. The van der Waals surface area contributed by atoms with Crippen molar-refractivity contribution in [3.8, 4) is 0 Å². The number of ether oxygens (including phenoxy) is 1. The average Bonchev–Trinajstić information content (AvgIpc) is 3.58. The van der Waals surface area contributed by atoms with Crippen LogP contribution in [0, 0.1) is 29.6 Å². The summed E-state index contributed by atoms with van der Waals surface area (Å²) in [6.45, 7) is 15.1. The quantitative estimate of drug-likeness (QED) is 0.332. The molecule has 4 saturated carbocycles. The van der Waals surface area contributed by atoms with Crippen LogP contribution < -0.4 is 5.46 Å². The Labute approximate surface area is 267 Å². The lowest BCUT2D eigenvalue weighted by Gasteiger charge is -2.64. The summed E-state index contributed by atoms with van der Waals surface area (Å²) in [5.41, 5.74) is 7.82. The van der Waals surface area contributed by atoms with Gasteiger partial charge in [0.15, 0.2) is 0 Å². The van der Waals surface area contributed by atoms with Crippen LogP contribution in [0.15, 0.2) is 34.5 Å². The Morgan fingerprint density at radius 2 is 1.64 bits per heavy atom. The molecule has 1 aromatic carbocycles. The van der Waals surface area contributed by atoms with Crippen LogP contribution in [0.1, 0.15) is 135 Å². The molecular formula is C39H56BN3O. The van der Waals surface area contributed by atoms with E-state index in [4.69, 9.17) is 9.73 Å². The van der Waals surface area contributed by atoms with E-state index in [9.17, 15) is 0 Å². The highest BCUT2D eigenvalue weighted by Gasteiger charge is 2.66. The zero-order valence-corrected chi connectivity index (χ0v) is 28.3. The molecule has 236 valence electrons. The van der Waals surface area contributed by atoms with Gasteiger partial charge in [-0.05, 0) is 80.4 Å². The Morgan fingerprint density at radius 1 is 0.864 bits per heavy atom. The monoisotopic (exact) mass is 593 g/mol. The van der Waals surface area contributed by atoms with E-state index >= 15 is 0 Å². The normalized spacial score (nSPS) is 42.0. The van der Waals surface area contributed by atoms with Crippen molar-refractivity contribution < 1.29 is 4.74 Å². The lowest BCUT2D eigenvalue weighted by atomic mass is 9.28. The molecule has 4 aliphatic heterocycles. The molecule has 4 heterocycles. The van der Waals surface area contributed by atoms with Gasteiger partial charge in [0.1, 0.15) is 6.10 Å². The van der Waals surface area contributed by atoms with Crippen molar-refractivity contribution in [2.75, 3.05) is 0 Å². The smallest absolute Gasteiger partial charge is 0.262 e. The molecule has 5 heteroatoms. The predicted molar refractivity (Wildman–Crippen MR) is 182 cm³/mol. The SMILES string of the molecule is CC1CC(C)C2C(C1)N=C1N3C4=C(OC5CCCCC45)B(c4c(C(C)C)cccc4C(C)C)C4CCC5CCCC(C5C43)N12. The van der Waals surface area contributed by atoms with Gasteiger partial charge in [-0.1, -0.05) is 102 Å². The zero-order valence-electron chi connectivity index (χ0n) is 28.3. The van der Waals surface area contributed by atoms with Crippen LogP contribution in [0.3, 0.4) is 0 Å². The molecule has 1 saturated heterocycles. The fourth-order valence-electron chi connectivity index (χ4n) is 12.7. The largest absolute Gasteiger partial charge is 0.502 e. The van der Waals surface area contributed by atoms with Gasteiger partial charge in [0.2, 0.25) is 5.96 Å². The minimum absolute atomic E-state index is 0.363. The molecule has 11 unspecified atom stereocenters. The summed E-state index contributed by atoms with van der Waals surface area (Å²) in [6.07, 6.45) is 15.2. The fraction of sp³-hybridized carbons (Fsp3) is 0.769. The van der Waals surface area contributed by atoms with Crippen LogP contribution in [-0.4, -0.2) is 52.7 Å². The standard InChI is InChI=1S/C39H56BN3O/c1-21(2)26-13-10-14-27(22(3)4)34(26)40-29-18-17-25-11-9-15-31-33(25)37(29)43(36-28-12-7-8-16-32(28)44-38(36)40)39-41-30-20-23(5)19-24(6)35(30)42(31)39/h10,13-14,21-25,28-33,35,37H,7-9,11-12,15-20H2,1-6H3. The molecule has 8 aliphatic rings. The second-order valence-electron chi connectivity index (χ2n) is 17.3. The summed E-state index contributed by atoms with van der Waals surface area (Å²) in [5.74, 6) is 6.72. The summed E-state index contributed by atoms with van der Waals surface area (Å²) in [4.78, 5) is 11.8. The first kappa shape index (κ1) is 28.3. The number of rotatable bonds is 3. The van der Waals surface area contributed by atoms with Crippen molar-refractivity contribution in [1.82, 2.24) is 9.80 Å². The molecule has 11 atom stereocenters. The van der Waals surface area contributed by atoms with Crippen molar-refractivity contribution in [3.63, 3.8) is 0 Å². The number of hydrogen-bond acceptors (Lipinski definition) is 4. The van der Waals surface area contributed by atoms with Crippen molar-refractivity contribution in [2.24, 2.45) is 34.6 Å². The fourth-order valence-corrected chi connectivity index (χ4v) is 12.7. The summed E-state index contributed by atoms with van der Waals surface area (Å²) in [7, 11) is 0. The molecule has 0 radical (unpaired) electrons. The van der Waals surface area contributed by atoms with E-state index in [0.29, 0.717) is 60.6 Å². The minimum Gasteiger partial charge on any atom is -0.502 e. The van der Waals surface area contributed by atoms with Crippen LogP contribution >= 0.6 is 0 Å². The lowest BCUT2D eigenvalue weighted by molar-refractivity contribution is -0.0366. The van der Waals surface area contributed by atoms with E-state index in [1.54, 1.807) is 22.3 Å². The first-order valence-electron chi connectivity index (χ1n) is 19.0. The van der Waals surface area contributed by atoms with E-state index in [-0.39, 0.29) is 0 Å². The van der Waals surface area contributed by atoms with Crippen LogP contribution in [0.2, 0.25) is 5.82 Å². The highest BCUT2D eigenvalue weighted by atomic mass is 16.5. The predicted octanol–water partition coefficient (Wildman–Crippen LogP) is 8.10. The van der Waals surface area contributed by atoms with Gasteiger partial charge in [-0.2, -0.15) is 0 Å². The molecule has 1 aromatic rings. The van der Waals surface area contributed by atoms with Crippen LogP contribution in [0.4, 0.5) is 0 Å². The maximum Gasteiger partial charge on any atom is 0.262 e. The van der Waals surface area contributed by atoms with Gasteiger partial charge in [0.05, 0.1) is 23.4 Å². The number of aliphatic imine (C=N–C) groups is 1. The summed E-state index contributed by atoms with van der Waals surface area (Å²) in [5, 5.41) is 0. The maximum absolute atomic E-state index is 7.41. The number of nitrogens with zero attached hydrogens (tertiary/aromatic N) is 3. The second kappa shape index (κ2) is 10.3. The third-order valence-corrected chi connectivity index (χ3v) is 14.2. The Morgan fingerprint density at radius 3 is 2.41 bits per heavy atom. The maximum atomic E-state index is 7.41. The third kappa shape index (κ3) is 3.85. The van der Waals surface area contributed by atoms with Gasteiger partial charge in [0, 0.05) is 23.9 Å². The Hall–Kier alpha value is -1.91. The van der Waals surface area contributed by atoms with Gasteiger partial charge in [-0.25, -0.2) is 4.99 Å². The summed E-state index contributed by atoms with van der Waals surface area (Å²) >= 11 is 0. The second-order valence-corrected chi connectivity index (χ2v) is 17.3. The zero-order chi connectivity index (χ0) is 30.0. The average molecular weight is 594 g/mol. The van der Waals surface area contributed by atoms with E-state index in [0.717, 1.165) is 23.7 Å². The number of guanidine groups is 1. The van der Waals surface area contributed by atoms with Gasteiger partial charge in [-0.15, -0.1) is 0 Å². The van der Waals surface area contributed by atoms with E-state index < -0.39 is 0 Å². The molecule has 9 rings (SSSR count). The van der Waals surface area contributed by atoms with Gasteiger partial charge in [0.25, 0.3) is 6.71 Å². The number of benzene rings is 1. The third-order valence-electron chi connectivity index (χ3n) is 14.2. The molecule has 0 N–H and O–H groups in total. The van der Waals surface area contributed by atoms with Crippen molar-refractivity contribution in [2.45, 2.75) is 160 Å². The van der Waals surface area contributed by atoms with Crippen LogP contribution in [0.25, 0.3) is 0 Å². The lowest BCUT2D eigenvalue weighted by Crippen LogP contribution is -2.73. The molecule has 0 amide bonds. The first-order chi connectivity index (χ1) is 21.3. The van der Waals surface area contributed by atoms with Crippen molar-refractivity contribution in [3.05, 3.63) is 40.7 Å². The van der Waals surface area contributed by atoms with Crippen molar-refractivity contribution in [1.29, 1.82) is 0 Å². The Kier molecular flexibility index (Phi) is 6.63. The first-order valence-corrected chi connectivity index (χ1v) is 19.0. The number of hydrogen-bond donors (Lipinski definition) is 0. The van der Waals surface area contributed by atoms with E-state index in [1.807, 2.05) is 0 Å². The molecule has 4 aliphatic carbocycles. The van der Waals surface area contributed by atoms with Crippen LogP contribution in [-0.2, 0) is 4.74 Å². The highest BCUT2D eigenvalue weighted by Crippen LogP contribution is 2.61. The highest BCUT2D eigenvalue weighted by molar-refractivity contribution is 6.82. The van der Waals surface area contributed by atoms with E-state index in [2.05, 4.69) is 69.5 Å². The van der Waals surface area contributed by atoms with Gasteiger partial charge in [-0.3, -0.25) is 0 Å². The Bertz CT molecular complexity index is 1360. The van der Waals surface area contributed by atoms with Gasteiger partial charge >= 0.3 is 0 Å². The molecule has 0 aromatic heterocycles. The summed E-state index contributed by atoms with van der Waals surface area (Å²) < 4.78 is 7.41. The molecule has 44 heavy (non-hydrogen) atoms. The topological polar surface area (TPSA) is 28.1 Å². The van der Waals surface area contributed by atoms with E-state index in [1.165, 1.54) is 82.2 Å². The Balaban J connectivity index is 1.29. The molecule has 5 fully saturated rings. The molecular weight excluding hydrogens is 537 g/mol. The number of fused-ring (bicyclic) bond motifs is 8. The van der Waals surface area contributed by atoms with Gasteiger partial charge < -0.3 is 14.5 Å². The summed E-state index contributed by atoms with van der Waals surface area (Å²) in [6, 6.07) is 9.61. The molecule has 0 spiro atoms. The van der Waals surface area contributed by atoms with Crippen LogP contribution in [0.5, 0.6) is 0 Å².